The van der Waals surface area contributed by atoms with Gasteiger partial charge < -0.3 is 5.73 Å². The van der Waals surface area contributed by atoms with Gasteiger partial charge in [-0.2, -0.15) is 13.2 Å². The van der Waals surface area contributed by atoms with E-state index in [2.05, 4.69) is 4.98 Å². The summed E-state index contributed by atoms with van der Waals surface area (Å²) in [6.07, 6.45) is -2.81. The van der Waals surface area contributed by atoms with Crippen LogP contribution < -0.4 is 5.73 Å². The molecule has 0 saturated heterocycles. The smallest absolute Gasteiger partial charge is 0.328 e. The minimum atomic E-state index is -4.31. The molecule has 1 aromatic heterocycles. The molecule has 0 spiro atoms. The van der Waals surface area contributed by atoms with E-state index in [-0.39, 0.29) is 6.04 Å². The summed E-state index contributed by atoms with van der Waals surface area (Å²) in [4.78, 5) is 3.81. The molecule has 78 valence electrons. The quantitative estimate of drug-likeness (QED) is 0.800. The Labute approximate surface area is 79.9 Å². The van der Waals surface area contributed by atoms with Crippen LogP contribution in [0.5, 0.6) is 0 Å². The summed E-state index contributed by atoms with van der Waals surface area (Å²) in [5.41, 5.74) is 5.15. The molecule has 0 aromatic carbocycles. The van der Waals surface area contributed by atoms with Crippen LogP contribution in [0.4, 0.5) is 13.2 Å². The largest absolute Gasteiger partial charge is 0.416 e. The number of pyridine rings is 1. The summed E-state index contributed by atoms with van der Waals surface area (Å²) in [5.74, 6) is 0. The first-order valence-electron chi connectivity index (χ1n) is 4.17. The topological polar surface area (TPSA) is 38.9 Å². The van der Waals surface area contributed by atoms with Crippen LogP contribution in [0.25, 0.3) is 0 Å². The summed E-state index contributed by atoms with van der Waals surface area (Å²) in [7, 11) is 0. The molecule has 0 fully saturated rings. The van der Waals surface area contributed by atoms with Gasteiger partial charge in [-0.3, -0.25) is 4.98 Å². The van der Waals surface area contributed by atoms with Crippen LogP contribution in [0, 0.1) is 0 Å². The second-order valence-electron chi connectivity index (χ2n) is 3.22. The van der Waals surface area contributed by atoms with Crippen molar-refractivity contribution in [3.8, 4) is 0 Å². The van der Waals surface area contributed by atoms with Crippen molar-refractivity contribution in [3.05, 3.63) is 29.6 Å². The molecule has 0 saturated carbocycles. The van der Waals surface area contributed by atoms with Gasteiger partial charge in [-0.05, 0) is 19.1 Å². The molecule has 1 aromatic rings. The second-order valence-corrected chi connectivity index (χ2v) is 3.22. The van der Waals surface area contributed by atoms with Gasteiger partial charge in [-0.1, -0.05) is 0 Å². The molecular formula is C9H11F3N2. The maximum Gasteiger partial charge on any atom is 0.416 e. The monoisotopic (exact) mass is 204 g/mol. The van der Waals surface area contributed by atoms with Crippen LogP contribution in [-0.2, 0) is 12.6 Å². The van der Waals surface area contributed by atoms with E-state index in [1.165, 1.54) is 0 Å². The SMILES string of the molecule is CC(N)Cc1cc(C(F)(F)F)ccn1. The second kappa shape index (κ2) is 3.96. The summed E-state index contributed by atoms with van der Waals surface area (Å²) < 4.78 is 36.7. The van der Waals surface area contributed by atoms with Crippen molar-refractivity contribution >= 4 is 0 Å². The fourth-order valence-electron chi connectivity index (χ4n) is 1.10. The lowest BCUT2D eigenvalue weighted by Gasteiger charge is -2.09. The number of rotatable bonds is 2. The van der Waals surface area contributed by atoms with Crippen molar-refractivity contribution in [3.63, 3.8) is 0 Å². The molecule has 0 aliphatic carbocycles. The maximum absolute atomic E-state index is 12.2. The Balaban J connectivity index is 2.90. The Morgan fingerprint density at radius 3 is 2.64 bits per heavy atom. The highest BCUT2D eigenvalue weighted by molar-refractivity contribution is 5.19. The van der Waals surface area contributed by atoms with Gasteiger partial charge in [0.1, 0.15) is 0 Å². The molecule has 0 radical (unpaired) electrons. The normalized spacial score (nSPS) is 14.1. The van der Waals surface area contributed by atoms with Crippen molar-refractivity contribution in [2.75, 3.05) is 0 Å². The van der Waals surface area contributed by atoms with E-state index in [4.69, 9.17) is 5.73 Å². The van der Waals surface area contributed by atoms with Gasteiger partial charge in [0.25, 0.3) is 0 Å². The van der Waals surface area contributed by atoms with E-state index in [9.17, 15) is 13.2 Å². The first-order valence-corrected chi connectivity index (χ1v) is 4.17. The zero-order chi connectivity index (χ0) is 10.8. The maximum atomic E-state index is 12.2. The molecule has 2 nitrogen and oxygen atoms in total. The number of aromatic nitrogens is 1. The lowest BCUT2D eigenvalue weighted by atomic mass is 10.1. The van der Waals surface area contributed by atoms with E-state index in [1.54, 1.807) is 6.92 Å². The Bertz CT molecular complexity index is 307. The summed E-state index contributed by atoms with van der Waals surface area (Å²) in [5, 5.41) is 0. The van der Waals surface area contributed by atoms with Crippen molar-refractivity contribution in [1.82, 2.24) is 4.98 Å². The molecule has 0 bridgehead atoms. The third kappa shape index (κ3) is 2.99. The van der Waals surface area contributed by atoms with Gasteiger partial charge >= 0.3 is 6.18 Å². The summed E-state index contributed by atoms with van der Waals surface area (Å²) in [6.45, 7) is 1.72. The first kappa shape index (κ1) is 11.0. The lowest BCUT2D eigenvalue weighted by molar-refractivity contribution is -0.137. The van der Waals surface area contributed by atoms with E-state index in [0.717, 1.165) is 18.3 Å². The molecule has 0 aliphatic rings. The predicted octanol–water partition coefficient (Wildman–Crippen LogP) is 1.99. The number of nitrogens with zero attached hydrogens (tertiary/aromatic N) is 1. The molecule has 1 atom stereocenters. The van der Waals surface area contributed by atoms with Gasteiger partial charge in [-0.15, -0.1) is 0 Å². The third-order valence-corrected chi connectivity index (χ3v) is 1.68. The number of halogens is 3. The van der Waals surface area contributed by atoms with Crippen LogP contribution in [0.15, 0.2) is 18.3 Å². The number of hydrogen-bond acceptors (Lipinski definition) is 2. The van der Waals surface area contributed by atoms with Crippen LogP contribution in [0.3, 0.4) is 0 Å². The van der Waals surface area contributed by atoms with Crippen LogP contribution in [-0.4, -0.2) is 11.0 Å². The van der Waals surface area contributed by atoms with E-state index < -0.39 is 11.7 Å². The Kier molecular flexibility index (Phi) is 3.10. The average molecular weight is 204 g/mol. The molecule has 0 amide bonds. The zero-order valence-electron chi connectivity index (χ0n) is 7.67. The number of alkyl halides is 3. The molecule has 0 aliphatic heterocycles. The summed E-state index contributed by atoms with van der Waals surface area (Å²) >= 11 is 0. The molecular weight excluding hydrogens is 193 g/mol. The first-order chi connectivity index (χ1) is 6.39. The lowest BCUT2D eigenvalue weighted by Crippen LogP contribution is -2.19. The van der Waals surface area contributed by atoms with Gasteiger partial charge in [-0.25, -0.2) is 0 Å². The van der Waals surface area contributed by atoms with Gasteiger partial charge in [0.15, 0.2) is 0 Å². The van der Waals surface area contributed by atoms with Gasteiger partial charge in [0.05, 0.1) is 5.56 Å². The molecule has 2 N–H and O–H groups in total. The summed E-state index contributed by atoms with van der Waals surface area (Å²) in [6, 6.07) is 1.79. The predicted molar refractivity (Wildman–Crippen MR) is 46.6 cm³/mol. The van der Waals surface area contributed by atoms with Gasteiger partial charge in [0.2, 0.25) is 0 Å². The minimum Gasteiger partial charge on any atom is -0.328 e. The van der Waals surface area contributed by atoms with E-state index in [1.807, 2.05) is 0 Å². The zero-order valence-corrected chi connectivity index (χ0v) is 7.67. The van der Waals surface area contributed by atoms with Crippen LogP contribution in [0.2, 0.25) is 0 Å². The minimum absolute atomic E-state index is 0.189. The Morgan fingerprint density at radius 1 is 1.50 bits per heavy atom. The molecule has 14 heavy (non-hydrogen) atoms. The fraction of sp³-hybridized carbons (Fsp3) is 0.444. The number of hydrogen-bond donors (Lipinski definition) is 1. The molecule has 1 heterocycles. The fourth-order valence-corrected chi connectivity index (χ4v) is 1.10. The van der Waals surface area contributed by atoms with Crippen molar-refractivity contribution in [1.29, 1.82) is 0 Å². The van der Waals surface area contributed by atoms with Crippen molar-refractivity contribution < 1.29 is 13.2 Å². The molecule has 5 heteroatoms. The van der Waals surface area contributed by atoms with E-state index >= 15 is 0 Å². The Hall–Kier alpha value is -1.10. The van der Waals surface area contributed by atoms with Crippen molar-refractivity contribution in [2.45, 2.75) is 25.6 Å². The van der Waals surface area contributed by atoms with Crippen molar-refractivity contribution in [2.24, 2.45) is 5.73 Å². The average Bonchev–Trinajstić information content (AvgIpc) is 2.01. The highest BCUT2D eigenvalue weighted by Gasteiger charge is 2.30. The van der Waals surface area contributed by atoms with Gasteiger partial charge in [0, 0.05) is 24.4 Å². The van der Waals surface area contributed by atoms with E-state index in [0.29, 0.717) is 12.1 Å². The number of nitrogens with two attached hydrogens (primary N) is 1. The standard InChI is InChI=1S/C9H11F3N2/c1-6(13)4-8-5-7(2-3-14-8)9(10,11)12/h2-3,5-6H,4,13H2,1H3. The molecule has 1 rings (SSSR count). The van der Waals surface area contributed by atoms with Crippen LogP contribution >= 0.6 is 0 Å². The molecule has 1 unspecified atom stereocenters. The highest BCUT2D eigenvalue weighted by Crippen LogP contribution is 2.29. The van der Waals surface area contributed by atoms with Crippen LogP contribution in [0.1, 0.15) is 18.2 Å². The third-order valence-electron chi connectivity index (χ3n) is 1.68. The Morgan fingerprint density at radius 2 is 2.14 bits per heavy atom. The highest BCUT2D eigenvalue weighted by atomic mass is 19.4.